The maximum atomic E-state index is 12.5. The van der Waals surface area contributed by atoms with Gasteiger partial charge in [-0.05, 0) is 32.1 Å². The Hall–Kier alpha value is -1.40. The van der Waals surface area contributed by atoms with Crippen molar-refractivity contribution in [1.29, 1.82) is 0 Å². The molecule has 2 atom stereocenters. The number of aliphatic hydroxyl groups excluding tert-OH is 2. The summed E-state index contributed by atoms with van der Waals surface area (Å²) in [6, 6.07) is -0.623. The number of nitrogens with one attached hydrogen (secondary N) is 1. The number of carbonyl (C=O) groups is 2. The van der Waals surface area contributed by atoms with Crippen molar-refractivity contribution in [3.63, 3.8) is 0 Å². The molecule has 0 saturated heterocycles. The van der Waals surface area contributed by atoms with Crippen molar-refractivity contribution >= 4 is 11.9 Å². The second-order valence-electron chi connectivity index (χ2n) is 24.2. The molecule has 0 aromatic rings. The first kappa shape index (κ1) is 74.6. The van der Waals surface area contributed by atoms with E-state index in [1.807, 2.05) is 6.08 Å². The van der Waals surface area contributed by atoms with Gasteiger partial charge < -0.3 is 20.3 Å². The molecule has 3 N–H and O–H groups in total. The highest BCUT2D eigenvalue weighted by Crippen LogP contribution is 2.19. The van der Waals surface area contributed by atoms with Gasteiger partial charge in [0.2, 0.25) is 5.91 Å². The zero-order valence-corrected chi connectivity index (χ0v) is 51.8. The molecule has 0 aliphatic carbocycles. The van der Waals surface area contributed by atoms with Crippen molar-refractivity contribution in [3.05, 3.63) is 12.2 Å². The van der Waals surface area contributed by atoms with Crippen molar-refractivity contribution in [2.24, 2.45) is 0 Å². The van der Waals surface area contributed by atoms with Crippen molar-refractivity contribution in [3.8, 4) is 0 Å². The van der Waals surface area contributed by atoms with Crippen LogP contribution < -0.4 is 5.32 Å². The molecule has 0 aromatic heterocycles. The Morgan fingerprint density at radius 1 is 0.355 bits per heavy atom. The van der Waals surface area contributed by atoms with E-state index in [9.17, 15) is 19.8 Å². The lowest BCUT2D eigenvalue weighted by atomic mass is 10.0. The summed E-state index contributed by atoms with van der Waals surface area (Å²) in [6.45, 7) is 4.94. The standard InChI is InChI=1S/C70H137NO5/c1-3-5-7-9-11-13-15-17-18-33-37-40-44-48-52-56-60-64-70(75)76-65-61-57-53-49-45-41-38-35-32-30-28-26-24-22-20-19-21-23-25-27-29-31-34-36-39-43-47-51-55-59-63-69(74)71-67(66-72)68(73)62-58-54-50-46-42-16-14-12-10-8-6-4-2/h58,62,67-68,72-73H,3-57,59-61,63-66H2,1-2H3,(H,71,74)/b62-58+. The number of rotatable bonds is 66. The molecular weight excluding hydrogens is 935 g/mol. The van der Waals surface area contributed by atoms with Gasteiger partial charge in [-0.25, -0.2) is 0 Å². The van der Waals surface area contributed by atoms with Gasteiger partial charge in [-0.3, -0.25) is 9.59 Å². The third-order valence-corrected chi connectivity index (χ3v) is 16.6. The lowest BCUT2D eigenvalue weighted by molar-refractivity contribution is -0.143. The zero-order chi connectivity index (χ0) is 55.0. The Balaban J connectivity index is 3.31. The minimum atomic E-state index is -0.840. The van der Waals surface area contributed by atoms with Gasteiger partial charge in [0.05, 0.1) is 25.4 Å². The third-order valence-electron chi connectivity index (χ3n) is 16.6. The first-order chi connectivity index (χ1) is 37.5. The molecule has 6 heteroatoms. The molecule has 0 aliphatic rings. The van der Waals surface area contributed by atoms with E-state index >= 15 is 0 Å². The summed E-state index contributed by atoms with van der Waals surface area (Å²) in [7, 11) is 0. The highest BCUT2D eigenvalue weighted by atomic mass is 16.5. The van der Waals surface area contributed by atoms with Crippen LogP contribution in [0.2, 0.25) is 0 Å². The van der Waals surface area contributed by atoms with Crippen LogP contribution in [-0.2, 0) is 14.3 Å². The van der Waals surface area contributed by atoms with E-state index in [1.54, 1.807) is 6.08 Å². The normalized spacial score (nSPS) is 12.5. The summed E-state index contributed by atoms with van der Waals surface area (Å²) >= 11 is 0. The number of hydrogen-bond donors (Lipinski definition) is 3. The van der Waals surface area contributed by atoms with Gasteiger partial charge in [-0.1, -0.05) is 366 Å². The largest absolute Gasteiger partial charge is 0.466 e. The van der Waals surface area contributed by atoms with Crippen molar-refractivity contribution in [2.75, 3.05) is 13.2 Å². The maximum absolute atomic E-state index is 12.5. The average molecular weight is 1070 g/mol. The predicted octanol–water partition coefficient (Wildman–Crippen LogP) is 22.4. The van der Waals surface area contributed by atoms with Crippen LogP contribution in [0.3, 0.4) is 0 Å². The Bertz CT molecular complexity index is 1140. The Morgan fingerprint density at radius 2 is 0.605 bits per heavy atom. The SMILES string of the molecule is CCCCCCCCCCCC/C=C/C(O)C(CO)NC(=O)CCCCCCCCCCCCCCCCCCCCCCCCCCCCCCCCOC(=O)CCCCCCCCCCCCCCCCCCC. The van der Waals surface area contributed by atoms with Gasteiger partial charge in [0, 0.05) is 12.8 Å². The van der Waals surface area contributed by atoms with Crippen molar-refractivity contribution in [2.45, 2.75) is 411 Å². The molecule has 452 valence electrons. The van der Waals surface area contributed by atoms with E-state index in [2.05, 4.69) is 19.2 Å². The summed E-state index contributed by atoms with van der Waals surface area (Å²) in [6.07, 6.45) is 81.6. The maximum Gasteiger partial charge on any atom is 0.305 e. The van der Waals surface area contributed by atoms with Crippen LogP contribution in [0.15, 0.2) is 12.2 Å². The number of unbranched alkanes of at least 4 members (excludes halogenated alkanes) is 55. The summed E-state index contributed by atoms with van der Waals surface area (Å²) in [5.74, 6) is -0.0381. The van der Waals surface area contributed by atoms with Gasteiger partial charge in [-0.2, -0.15) is 0 Å². The van der Waals surface area contributed by atoms with Crippen LogP contribution in [0.25, 0.3) is 0 Å². The molecule has 0 spiro atoms. The molecule has 0 aromatic carbocycles. The van der Waals surface area contributed by atoms with Crippen molar-refractivity contribution < 1.29 is 24.5 Å². The minimum Gasteiger partial charge on any atom is -0.466 e. The van der Waals surface area contributed by atoms with E-state index in [-0.39, 0.29) is 18.5 Å². The number of amides is 1. The first-order valence-corrected chi connectivity index (χ1v) is 35.0. The van der Waals surface area contributed by atoms with E-state index in [4.69, 9.17) is 4.74 Å². The third kappa shape index (κ3) is 61.8. The van der Waals surface area contributed by atoms with Gasteiger partial charge in [0.25, 0.3) is 0 Å². The van der Waals surface area contributed by atoms with Gasteiger partial charge in [0.1, 0.15) is 0 Å². The quantitative estimate of drug-likeness (QED) is 0.0320. The summed E-state index contributed by atoms with van der Waals surface area (Å²) < 4.78 is 5.51. The fourth-order valence-electron chi connectivity index (χ4n) is 11.2. The lowest BCUT2D eigenvalue weighted by Crippen LogP contribution is -2.45. The van der Waals surface area contributed by atoms with Gasteiger partial charge in [0.15, 0.2) is 0 Å². The Morgan fingerprint density at radius 3 is 0.895 bits per heavy atom. The van der Waals surface area contributed by atoms with Crippen LogP contribution in [0, 0.1) is 0 Å². The highest BCUT2D eigenvalue weighted by Gasteiger charge is 2.18. The number of carbonyl (C=O) groups excluding carboxylic acids is 2. The Kier molecular flexibility index (Phi) is 64.9. The smallest absolute Gasteiger partial charge is 0.305 e. The van der Waals surface area contributed by atoms with Gasteiger partial charge >= 0.3 is 5.97 Å². The molecule has 0 heterocycles. The number of hydrogen-bond acceptors (Lipinski definition) is 5. The molecule has 0 radical (unpaired) electrons. The molecule has 76 heavy (non-hydrogen) atoms. The monoisotopic (exact) mass is 1070 g/mol. The second kappa shape index (κ2) is 66.1. The molecule has 0 rings (SSSR count). The molecule has 0 saturated carbocycles. The molecule has 1 amide bonds. The van der Waals surface area contributed by atoms with E-state index in [0.717, 1.165) is 38.5 Å². The minimum absolute atomic E-state index is 0.0246. The van der Waals surface area contributed by atoms with Crippen LogP contribution in [0.4, 0.5) is 0 Å². The lowest BCUT2D eigenvalue weighted by Gasteiger charge is -2.20. The number of ether oxygens (including phenoxy) is 1. The topological polar surface area (TPSA) is 95.9 Å². The predicted molar refractivity (Wildman–Crippen MR) is 333 cm³/mol. The van der Waals surface area contributed by atoms with E-state index in [1.165, 1.54) is 334 Å². The number of allylic oxidation sites excluding steroid dienone is 1. The molecule has 2 unspecified atom stereocenters. The summed E-state index contributed by atoms with van der Waals surface area (Å²) in [5, 5.41) is 23.1. The highest BCUT2D eigenvalue weighted by molar-refractivity contribution is 5.76. The van der Waals surface area contributed by atoms with E-state index in [0.29, 0.717) is 19.4 Å². The fraction of sp³-hybridized carbons (Fsp3) is 0.943. The van der Waals surface area contributed by atoms with Crippen LogP contribution in [0.1, 0.15) is 399 Å². The second-order valence-corrected chi connectivity index (χ2v) is 24.2. The summed E-state index contributed by atoms with van der Waals surface area (Å²) in [5.41, 5.74) is 0. The Labute approximate surface area is 476 Å². The van der Waals surface area contributed by atoms with Crippen LogP contribution >= 0.6 is 0 Å². The van der Waals surface area contributed by atoms with Crippen molar-refractivity contribution in [1.82, 2.24) is 5.32 Å². The number of esters is 1. The summed E-state index contributed by atoms with van der Waals surface area (Å²) in [4.78, 5) is 24.5. The molecule has 0 fully saturated rings. The molecular formula is C70H137NO5. The first-order valence-electron chi connectivity index (χ1n) is 35.0. The fourth-order valence-corrected chi connectivity index (χ4v) is 11.2. The van der Waals surface area contributed by atoms with Crippen LogP contribution in [-0.4, -0.2) is 47.4 Å². The van der Waals surface area contributed by atoms with E-state index < -0.39 is 12.1 Å². The molecule has 0 aliphatic heterocycles. The van der Waals surface area contributed by atoms with Gasteiger partial charge in [-0.15, -0.1) is 0 Å². The zero-order valence-electron chi connectivity index (χ0n) is 51.8. The molecule has 6 nitrogen and oxygen atoms in total. The average Bonchev–Trinajstić information content (AvgIpc) is 3.42. The number of aliphatic hydroxyl groups is 2. The molecule has 0 bridgehead atoms. The van der Waals surface area contributed by atoms with Crippen LogP contribution in [0.5, 0.6) is 0 Å².